The van der Waals surface area contributed by atoms with Gasteiger partial charge in [0.05, 0.1) is 17.7 Å². The van der Waals surface area contributed by atoms with Gasteiger partial charge in [-0.15, -0.1) is 0 Å². The van der Waals surface area contributed by atoms with Crippen molar-refractivity contribution in [3.8, 4) is 5.75 Å². The third kappa shape index (κ3) is 2.86. The smallest absolute Gasteiger partial charge is 0.252 e. The van der Waals surface area contributed by atoms with Gasteiger partial charge in [-0.25, -0.2) is 13.2 Å². The Morgan fingerprint density at radius 2 is 1.62 bits per heavy atom. The minimum absolute atomic E-state index is 0.0301. The molecule has 26 heavy (non-hydrogen) atoms. The molecule has 1 aromatic carbocycles. The van der Waals surface area contributed by atoms with Crippen molar-refractivity contribution < 1.29 is 22.7 Å². The van der Waals surface area contributed by atoms with Crippen molar-refractivity contribution in [2.75, 3.05) is 13.7 Å². The highest BCUT2D eigenvalue weighted by Crippen LogP contribution is 2.67. The number of benzene rings is 1. The third-order valence-corrected chi connectivity index (χ3v) is 6.42. The molecule has 4 aliphatic carbocycles. The van der Waals surface area contributed by atoms with Crippen molar-refractivity contribution in [2.24, 2.45) is 5.41 Å². The van der Waals surface area contributed by atoms with E-state index in [1.54, 1.807) is 18.2 Å². The van der Waals surface area contributed by atoms with E-state index >= 15 is 0 Å². The van der Waals surface area contributed by atoms with Crippen LogP contribution in [-0.2, 0) is 0 Å². The van der Waals surface area contributed by atoms with E-state index in [-0.39, 0.29) is 55.7 Å². The molecule has 0 aromatic heterocycles. The van der Waals surface area contributed by atoms with Crippen LogP contribution >= 0.6 is 11.6 Å². The summed E-state index contributed by atoms with van der Waals surface area (Å²) in [6.07, 6.45) is -0.439. The van der Waals surface area contributed by atoms with Crippen LogP contribution in [0.1, 0.15) is 48.9 Å². The minimum Gasteiger partial charge on any atom is -0.495 e. The maximum absolute atomic E-state index is 15.0. The minimum atomic E-state index is -1.82. The number of hydrogen-bond donors (Lipinski definition) is 1. The maximum atomic E-state index is 15.0. The first-order chi connectivity index (χ1) is 12.1. The molecule has 0 heterocycles. The van der Waals surface area contributed by atoms with E-state index in [0.717, 1.165) is 0 Å². The highest BCUT2D eigenvalue weighted by molar-refractivity contribution is 6.35. The summed E-state index contributed by atoms with van der Waals surface area (Å²) in [5.74, 6) is -0.0966. The molecule has 0 radical (unpaired) electrons. The average Bonchev–Trinajstić information content (AvgIpc) is 2.48. The number of rotatable bonds is 4. The largest absolute Gasteiger partial charge is 0.495 e. The van der Waals surface area contributed by atoms with Gasteiger partial charge in [-0.2, -0.15) is 0 Å². The van der Waals surface area contributed by atoms with Crippen molar-refractivity contribution in [2.45, 2.75) is 55.5 Å². The van der Waals surface area contributed by atoms with Crippen molar-refractivity contribution in [1.82, 2.24) is 5.32 Å². The first-order valence-electron chi connectivity index (χ1n) is 8.77. The Kier molecular flexibility index (Phi) is 3.82. The van der Waals surface area contributed by atoms with Crippen LogP contribution in [0.15, 0.2) is 18.2 Å². The molecule has 7 heteroatoms. The van der Waals surface area contributed by atoms with Crippen LogP contribution in [0.3, 0.4) is 0 Å². The van der Waals surface area contributed by atoms with Gasteiger partial charge in [-0.05, 0) is 36.8 Å². The molecule has 1 N–H and O–H groups in total. The Labute approximate surface area is 155 Å². The Bertz CT molecular complexity index is 718. The summed E-state index contributed by atoms with van der Waals surface area (Å²) in [5.41, 5.74) is -6.15. The van der Waals surface area contributed by atoms with Gasteiger partial charge in [0.2, 0.25) is 0 Å². The number of nitrogens with one attached hydrogen (secondary N) is 1. The molecule has 4 fully saturated rings. The highest BCUT2D eigenvalue weighted by atomic mass is 35.5. The van der Waals surface area contributed by atoms with Gasteiger partial charge in [0, 0.05) is 25.8 Å². The van der Waals surface area contributed by atoms with Crippen LogP contribution in [0.25, 0.3) is 0 Å². The fourth-order valence-corrected chi connectivity index (χ4v) is 6.15. The van der Waals surface area contributed by atoms with Crippen LogP contribution < -0.4 is 10.1 Å². The molecule has 5 rings (SSSR count). The predicted octanol–water partition coefficient (Wildman–Crippen LogP) is 4.57. The summed E-state index contributed by atoms with van der Waals surface area (Å²) in [7, 11) is 1.44. The number of halogens is 4. The topological polar surface area (TPSA) is 38.3 Å². The first kappa shape index (κ1) is 18.0. The maximum Gasteiger partial charge on any atom is 0.252 e. The standard InChI is InChI=1S/C19H21ClF3NO2/c1-26-13-4-2-3-12(14(13)20)15(25)24-11-16-5-17(21)8-18(22,6-16)10-19(23,7-16)9-17/h2-4H,5-11H2,1H3,(H,24,25). The number of hydrogen-bond acceptors (Lipinski definition) is 2. The Balaban J connectivity index is 1.54. The zero-order chi connectivity index (χ0) is 18.8. The number of carbonyl (C=O) groups excluding carboxylic acids is 1. The van der Waals surface area contributed by atoms with Crippen LogP contribution in [0, 0.1) is 5.41 Å². The highest BCUT2D eigenvalue weighted by Gasteiger charge is 2.70. The van der Waals surface area contributed by atoms with Gasteiger partial charge in [-0.1, -0.05) is 17.7 Å². The molecule has 0 spiro atoms. The Hall–Kier alpha value is -1.43. The molecular formula is C19H21ClF3NO2. The number of alkyl halides is 3. The molecule has 3 nitrogen and oxygen atoms in total. The molecule has 4 saturated carbocycles. The number of ether oxygens (including phenoxy) is 1. The SMILES string of the molecule is COc1cccc(C(=O)NCC23CC4(F)CC(F)(CC(F)(C4)C2)C3)c1Cl. The van der Waals surface area contributed by atoms with Crippen molar-refractivity contribution in [1.29, 1.82) is 0 Å². The van der Waals surface area contributed by atoms with E-state index in [0.29, 0.717) is 5.75 Å². The van der Waals surface area contributed by atoms with E-state index in [9.17, 15) is 18.0 Å². The van der Waals surface area contributed by atoms with E-state index < -0.39 is 28.3 Å². The van der Waals surface area contributed by atoms with Crippen molar-refractivity contribution in [3.63, 3.8) is 0 Å². The lowest BCUT2D eigenvalue weighted by Crippen LogP contribution is -2.67. The molecule has 0 aliphatic heterocycles. The Morgan fingerprint density at radius 1 is 1.08 bits per heavy atom. The zero-order valence-electron chi connectivity index (χ0n) is 14.5. The lowest BCUT2D eigenvalue weighted by molar-refractivity contribution is -0.214. The molecule has 0 unspecified atom stereocenters. The van der Waals surface area contributed by atoms with Gasteiger partial charge < -0.3 is 10.1 Å². The van der Waals surface area contributed by atoms with E-state index in [4.69, 9.17) is 16.3 Å². The van der Waals surface area contributed by atoms with Gasteiger partial charge >= 0.3 is 0 Å². The second-order valence-electron chi connectivity index (χ2n) is 8.52. The fraction of sp³-hybridized carbons (Fsp3) is 0.632. The van der Waals surface area contributed by atoms with Crippen LogP contribution in [-0.4, -0.2) is 36.6 Å². The summed E-state index contributed by atoms with van der Waals surface area (Å²) >= 11 is 6.16. The molecule has 0 saturated heterocycles. The molecule has 4 aliphatic rings. The van der Waals surface area contributed by atoms with Crippen molar-refractivity contribution in [3.05, 3.63) is 28.8 Å². The quantitative estimate of drug-likeness (QED) is 0.821. The van der Waals surface area contributed by atoms with Gasteiger partial charge in [0.25, 0.3) is 5.91 Å². The third-order valence-electron chi connectivity index (χ3n) is 6.03. The van der Waals surface area contributed by atoms with Gasteiger partial charge in [0.1, 0.15) is 22.8 Å². The normalized spacial score (nSPS) is 40.5. The molecule has 4 bridgehead atoms. The molecule has 0 atom stereocenters. The van der Waals surface area contributed by atoms with Crippen LogP contribution in [0.4, 0.5) is 13.2 Å². The lowest BCUT2D eigenvalue weighted by atomic mass is 9.46. The molecule has 1 aromatic rings. The molecule has 142 valence electrons. The van der Waals surface area contributed by atoms with E-state index in [1.807, 2.05) is 0 Å². The molecule has 1 amide bonds. The summed E-state index contributed by atoms with van der Waals surface area (Å²) in [4.78, 5) is 12.5. The van der Waals surface area contributed by atoms with E-state index in [1.165, 1.54) is 7.11 Å². The summed E-state index contributed by atoms with van der Waals surface area (Å²) in [5, 5.41) is 2.89. The Morgan fingerprint density at radius 3 is 2.12 bits per heavy atom. The lowest BCUT2D eigenvalue weighted by Gasteiger charge is -2.63. The zero-order valence-corrected chi connectivity index (χ0v) is 15.3. The number of amides is 1. The average molecular weight is 388 g/mol. The second-order valence-corrected chi connectivity index (χ2v) is 8.90. The van der Waals surface area contributed by atoms with Crippen LogP contribution in [0.5, 0.6) is 5.75 Å². The van der Waals surface area contributed by atoms with Crippen molar-refractivity contribution >= 4 is 17.5 Å². The van der Waals surface area contributed by atoms with Gasteiger partial charge in [-0.3, -0.25) is 4.79 Å². The van der Waals surface area contributed by atoms with Gasteiger partial charge in [0.15, 0.2) is 0 Å². The summed E-state index contributed by atoms with van der Waals surface area (Å²) in [6, 6.07) is 4.81. The molecular weight excluding hydrogens is 367 g/mol. The number of carbonyl (C=O) groups is 1. The monoisotopic (exact) mass is 387 g/mol. The summed E-state index contributed by atoms with van der Waals surface area (Å²) in [6.45, 7) is 0.0301. The summed E-state index contributed by atoms with van der Waals surface area (Å²) < 4.78 is 50.1. The predicted molar refractivity (Wildman–Crippen MR) is 92.0 cm³/mol. The van der Waals surface area contributed by atoms with Crippen LogP contribution in [0.2, 0.25) is 5.02 Å². The fourth-order valence-electron chi connectivity index (χ4n) is 5.86. The first-order valence-corrected chi connectivity index (χ1v) is 9.14. The van der Waals surface area contributed by atoms with E-state index in [2.05, 4.69) is 5.32 Å². The second kappa shape index (κ2) is 5.54. The number of methoxy groups -OCH3 is 1.